The maximum absolute atomic E-state index is 12.0. The van der Waals surface area contributed by atoms with Gasteiger partial charge in [-0.25, -0.2) is 0 Å². The highest BCUT2D eigenvalue weighted by atomic mass is 79.9. The molecule has 0 bridgehead atoms. The first-order valence-corrected chi connectivity index (χ1v) is 36.3. The van der Waals surface area contributed by atoms with Crippen LogP contribution >= 0.6 is 40.3 Å². The Morgan fingerprint density at radius 1 is 0.482 bits per heavy atom. The number of nitrogens with one attached hydrogen (secondary N) is 3. The van der Waals surface area contributed by atoms with Gasteiger partial charge in [-0.05, 0) is 12.8 Å². The van der Waals surface area contributed by atoms with Crippen molar-refractivity contribution < 1.29 is 38.4 Å². The molecule has 2 aliphatic heterocycles. The van der Waals surface area contributed by atoms with Gasteiger partial charge in [-0.15, -0.1) is 11.8 Å². The lowest BCUT2D eigenvalue weighted by Crippen LogP contribution is -2.45. The van der Waals surface area contributed by atoms with E-state index in [1.807, 2.05) is 20.8 Å². The number of amides is 7. The molecule has 4 atom stereocenters. The van der Waals surface area contributed by atoms with Gasteiger partial charge in [-0.3, -0.25) is 38.4 Å². The molecule has 2 aliphatic carbocycles. The predicted octanol–water partition coefficient (Wildman–Crippen LogP) is 13.2. The summed E-state index contributed by atoms with van der Waals surface area (Å²) in [6, 6.07) is -1.12. The highest BCUT2D eigenvalue weighted by molar-refractivity contribution is 9.09. The van der Waals surface area contributed by atoms with Gasteiger partial charge < -0.3 is 37.2 Å². The van der Waals surface area contributed by atoms with Crippen molar-refractivity contribution >= 4 is 87.5 Å². The Morgan fingerprint density at radius 2 is 0.735 bits per heavy atom. The number of halogens is 1. The Morgan fingerprint density at radius 3 is 0.928 bits per heavy atom. The van der Waals surface area contributed by atoms with Crippen LogP contribution in [0.3, 0.4) is 0 Å². The maximum atomic E-state index is 12.0. The zero-order chi connectivity index (χ0) is 61.6. The molecule has 0 spiro atoms. The van der Waals surface area contributed by atoms with Gasteiger partial charge in [0.05, 0.1) is 22.6 Å². The summed E-state index contributed by atoms with van der Waals surface area (Å²) in [6.07, 6.45) is 56.3. The number of carbonyl (C=O) groups is 8. The smallest absolute Gasteiger partial charge is 0.240 e. The van der Waals surface area contributed by atoms with Crippen LogP contribution in [0.4, 0.5) is 0 Å². The van der Waals surface area contributed by atoms with E-state index < -0.39 is 23.9 Å². The summed E-state index contributed by atoms with van der Waals surface area (Å²) >= 11 is 8.10. The topological polar surface area (TPSA) is 231 Å². The van der Waals surface area contributed by atoms with E-state index in [0.717, 1.165) is 0 Å². The number of nitrogens with zero attached hydrogens (tertiary/aromatic N) is 2. The molecule has 0 aromatic carbocycles. The highest BCUT2D eigenvalue weighted by Crippen LogP contribution is 2.23. The lowest BCUT2D eigenvalue weighted by atomic mass is 10.0. The fraction of sp³-hybridized carbons (Fsp3) is 0.877. The molecule has 0 aromatic heterocycles. The Balaban J connectivity index is 0.00000105. The zero-order valence-electron chi connectivity index (χ0n) is 53.0. The van der Waals surface area contributed by atoms with Gasteiger partial charge in [0.25, 0.3) is 0 Å². The van der Waals surface area contributed by atoms with Crippen LogP contribution in [0, 0.1) is 11.8 Å². The number of hydrogen-bond acceptors (Lipinski definition) is 10. The van der Waals surface area contributed by atoms with E-state index in [9.17, 15) is 38.4 Å². The Labute approximate surface area is 523 Å². The van der Waals surface area contributed by atoms with Crippen molar-refractivity contribution in [2.45, 2.75) is 296 Å². The van der Waals surface area contributed by atoms with Crippen LogP contribution < -0.4 is 27.4 Å². The van der Waals surface area contributed by atoms with Crippen LogP contribution in [0.25, 0.3) is 0 Å². The third-order valence-electron chi connectivity index (χ3n) is 16.3. The maximum Gasteiger partial charge on any atom is 0.240 e. The van der Waals surface area contributed by atoms with Gasteiger partial charge >= 0.3 is 0 Å². The second-order valence-corrected chi connectivity index (χ2v) is 25.4. The van der Waals surface area contributed by atoms with Crippen molar-refractivity contribution in [1.29, 1.82) is 0 Å². The molecule has 484 valence electrons. The van der Waals surface area contributed by atoms with Crippen molar-refractivity contribution in [3.63, 3.8) is 0 Å². The molecular formula is C65H122BrN7O8S2. The van der Waals surface area contributed by atoms with Crippen molar-refractivity contribution in [3.05, 3.63) is 0 Å². The van der Waals surface area contributed by atoms with Gasteiger partial charge in [0.1, 0.15) is 17.9 Å². The summed E-state index contributed by atoms with van der Waals surface area (Å²) in [5, 5.41) is 8.43. The van der Waals surface area contributed by atoms with Crippen molar-refractivity contribution in [3.8, 4) is 0 Å². The number of likely N-dealkylation sites (tertiary alicyclic amines) is 2. The van der Waals surface area contributed by atoms with Gasteiger partial charge in [0.15, 0.2) is 0 Å². The fourth-order valence-corrected chi connectivity index (χ4v) is 12.3. The number of thioether (sulfide) groups is 1. The van der Waals surface area contributed by atoms with E-state index in [-0.39, 0.29) is 64.4 Å². The first-order chi connectivity index (χ1) is 40.2. The third kappa shape index (κ3) is 46.0. The molecule has 4 rings (SSSR count). The number of Topliss-reactive ketones (excluding diaryl/α,β-unsaturated/α-hetero) is 1. The summed E-state index contributed by atoms with van der Waals surface area (Å²) in [6.45, 7) is 7.16. The minimum absolute atomic E-state index is 0.0243. The standard InChI is InChI=1S/2C18H36.C14H24N4O4S.C11H19N3O3S.C4H7BrO/c2*1-2-4-6-8-10-12-14-16-18-17-15-13-11-9-7-5-3-1;1-3-10(14(15)22)18-6-9(4-13(18)21)5-17-12(20)8-23-7-11(19)16-2;1-2-8(11(12)17)14-5-7(3-10(14)16)4-13-9(15)6-18;1-2-4(6)3-5/h2*1-18H2;9-10H,3-8H2,1-2H3,(H2,15,22)(H,16,19)(H,17,20);7-8,18H,2-6H2,1H3,(H2,12,17)(H,13,15);2-3H2,1H3/t;;9?,10-;7?,8-;/m..11./s1. The first-order valence-electron chi connectivity index (χ1n) is 33.4. The molecule has 7 N–H and O–H groups in total. The van der Waals surface area contributed by atoms with E-state index in [1.54, 1.807) is 7.05 Å². The molecule has 2 heterocycles. The lowest BCUT2D eigenvalue weighted by Gasteiger charge is -2.24. The predicted molar refractivity (Wildman–Crippen MR) is 353 cm³/mol. The molecular weight excluding hydrogens is 1150 g/mol. The molecule has 0 radical (unpaired) electrons. The van der Waals surface area contributed by atoms with Crippen LogP contribution in [0.2, 0.25) is 0 Å². The SMILES string of the molecule is C1CCCCCCCCCCCCCCCCC1.C1CCCCCCCCCCCCCCCCC1.CCC(=O)CBr.CC[C@H](C(N)=O)N1CC(CNC(=O)CS)CC1=O.CC[C@H](C(N)=O)N1CC(CNC(=O)CSCC(=O)NC)CC1=O. The number of ketones is 1. The minimum Gasteiger partial charge on any atom is -0.368 e. The summed E-state index contributed by atoms with van der Waals surface area (Å²) in [5.74, 6) is -0.809. The van der Waals surface area contributed by atoms with Gasteiger partial charge in [-0.2, -0.15) is 12.6 Å². The largest absolute Gasteiger partial charge is 0.368 e. The average molecular weight is 1270 g/mol. The van der Waals surface area contributed by atoms with E-state index in [0.29, 0.717) is 63.6 Å². The third-order valence-corrected chi connectivity index (χ3v) is 18.1. The minimum atomic E-state index is -0.577. The molecule has 15 nitrogen and oxygen atoms in total. The number of primary amides is 2. The summed E-state index contributed by atoms with van der Waals surface area (Å²) in [5.41, 5.74) is 10.6. The van der Waals surface area contributed by atoms with E-state index in [1.165, 1.54) is 253 Å². The summed E-state index contributed by atoms with van der Waals surface area (Å²) in [4.78, 5) is 93.3. The van der Waals surface area contributed by atoms with Crippen LogP contribution in [-0.4, -0.2) is 125 Å². The number of carbonyl (C=O) groups excluding carboxylic acids is 8. The number of nitrogens with two attached hydrogens (primary N) is 2. The van der Waals surface area contributed by atoms with E-state index >= 15 is 0 Å². The normalized spacial score (nSPS) is 20.7. The van der Waals surface area contributed by atoms with Crippen LogP contribution in [-0.2, 0) is 38.4 Å². The average Bonchev–Trinajstić information content (AvgIpc) is 4.05. The number of rotatable bonds is 17. The van der Waals surface area contributed by atoms with E-state index in [4.69, 9.17) is 11.5 Å². The van der Waals surface area contributed by atoms with Crippen LogP contribution in [0.5, 0.6) is 0 Å². The quantitative estimate of drug-likeness (QED) is 0.0600. The molecule has 7 amide bonds. The first kappa shape index (κ1) is 80.1. The number of hydrogen-bond donors (Lipinski definition) is 6. The second-order valence-electron chi connectivity index (χ2n) is 23.6. The number of thiol groups is 1. The van der Waals surface area contributed by atoms with Crippen molar-refractivity contribution in [2.24, 2.45) is 23.3 Å². The molecule has 4 fully saturated rings. The summed E-state index contributed by atoms with van der Waals surface area (Å²) < 4.78 is 0. The lowest BCUT2D eigenvalue weighted by molar-refractivity contribution is -0.136. The molecule has 4 aliphatic rings. The molecule has 0 aromatic rings. The van der Waals surface area contributed by atoms with Crippen LogP contribution in [0.1, 0.15) is 284 Å². The van der Waals surface area contributed by atoms with Gasteiger partial charge in [0, 0.05) is 64.3 Å². The van der Waals surface area contributed by atoms with Crippen molar-refractivity contribution in [1.82, 2.24) is 25.8 Å². The molecule has 2 saturated carbocycles. The monoisotopic (exact) mass is 1270 g/mol. The second kappa shape index (κ2) is 56.9. The van der Waals surface area contributed by atoms with Crippen LogP contribution in [0.15, 0.2) is 0 Å². The Bertz CT molecular complexity index is 1510. The fourth-order valence-electron chi connectivity index (χ4n) is 11.0. The zero-order valence-corrected chi connectivity index (χ0v) is 56.3. The Kier molecular flexibility index (Phi) is 55.0. The number of alkyl halides is 1. The molecule has 18 heteroatoms. The summed E-state index contributed by atoms with van der Waals surface area (Å²) in [7, 11) is 1.54. The Hall–Kier alpha value is -2.86. The van der Waals surface area contributed by atoms with E-state index in [2.05, 4.69) is 44.5 Å². The van der Waals surface area contributed by atoms with Gasteiger partial charge in [-0.1, -0.05) is 268 Å². The van der Waals surface area contributed by atoms with Crippen molar-refractivity contribution in [2.75, 3.05) is 55.8 Å². The molecule has 2 saturated heterocycles. The molecule has 83 heavy (non-hydrogen) atoms. The van der Waals surface area contributed by atoms with Gasteiger partial charge in [0.2, 0.25) is 41.4 Å². The molecule has 2 unspecified atom stereocenters. The highest BCUT2D eigenvalue weighted by Gasteiger charge is 2.37.